The molecule has 28 heavy (non-hydrogen) atoms. The van der Waals surface area contributed by atoms with Gasteiger partial charge in [-0.15, -0.1) is 0 Å². The van der Waals surface area contributed by atoms with Crippen LogP contribution in [-0.2, 0) is 10.0 Å². The Hall–Kier alpha value is -2.45. The summed E-state index contributed by atoms with van der Waals surface area (Å²) in [6.45, 7) is 1.22. The Kier molecular flexibility index (Phi) is 5.07. The molecular weight excluding hydrogens is 383 g/mol. The van der Waals surface area contributed by atoms with Crippen LogP contribution in [0.5, 0.6) is 5.75 Å². The van der Waals surface area contributed by atoms with Crippen LogP contribution in [0.2, 0.25) is 0 Å². The van der Waals surface area contributed by atoms with Gasteiger partial charge in [-0.1, -0.05) is 18.2 Å². The number of nitrogens with one attached hydrogen (secondary N) is 1. The molecule has 4 rings (SSSR count). The summed E-state index contributed by atoms with van der Waals surface area (Å²) in [5, 5.41) is 2.91. The van der Waals surface area contributed by atoms with Gasteiger partial charge in [0.2, 0.25) is 10.0 Å². The quantitative estimate of drug-likeness (QED) is 0.850. The van der Waals surface area contributed by atoms with E-state index in [4.69, 9.17) is 4.74 Å². The number of fused-ring (bicyclic) bond motifs is 1. The van der Waals surface area contributed by atoms with Crippen molar-refractivity contribution in [1.82, 2.24) is 9.62 Å². The Balaban J connectivity index is 1.59. The fourth-order valence-corrected chi connectivity index (χ4v) is 5.25. The molecule has 0 radical (unpaired) electrons. The number of benzene rings is 2. The SMILES string of the molecule is O=C(NC1CCOc2ccccc21)c1ccc(F)c(S(=O)(=O)N2CCCC2)c1. The van der Waals surface area contributed by atoms with Gasteiger partial charge in [-0.3, -0.25) is 4.79 Å². The molecule has 0 aromatic heterocycles. The van der Waals surface area contributed by atoms with E-state index in [-0.39, 0.29) is 11.6 Å². The zero-order chi connectivity index (χ0) is 19.7. The summed E-state index contributed by atoms with van der Waals surface area (Å²) in [6, 6.07) is 10.7. The minimum absolute atomic E-state index is 0.114. The van der Waals surface area contributed by atoms with Crippen molar-refractivity contribution in [3.8, 4) is 5.75 Å². The number of halogens is 1. The molecule has 0 aliphatic carbocycles. The zero-order valence-electron chi connectivity index (χ0n) is 15.2. The fraction of sp³-hybridized carbons (Fsp3) is 0.350. The van der Waals surface area contributed by atoms with Crippen LogP contribution >= 0.6 is 0 Å². The molecular formula is C20H21FN2O4S. The summed E-state index contributed by atoms with van der Waals surface area (Å²) >= 11 is 0. The molecule has 2 heterocycles. The van der Waals surface area contributed by atoms with Gasteiger partial charge in [-0.25, -0.2) is 12.8 Å². The highest BCUT2D eigenvalue weighted by Gasteiger charge is 2.31. The van der Waals surface area contributed by atoms with E-state index in [2.05, 4.69) is 5.32 Å². The smallest absolute Gasteiger partial charge is 0.251 e. The van der Waals surface area contributed by atoms with Crippen molar-refractivity contribution < 1.29 is 22.3 Å². The highest BCUT2D eigenvalue weighted by Crippen LogP contribution is 2.32. The van der Waals surface area contributed by atoms with E-state index >= 15 is 0 Å². The molecule has 1 N–H and O–H groups in total. The van der Waals surface area contributed by atoms with Gasteiger partial charge >= 0.3 is 0 Å². The van der Waals surface area contributed by atoms with Crippen molar-refractivity contribution in [3.63, 3.8) is 0 Å². The van der Waals surface area contributed by atoms with Crippen LogP contribution in [0, 0.1) is 5.82 Å². The Morgan fingerprint density at radius 1 is 1.14 bits per heavy atom. The van der Waals surface area contributed by atoms with Crippen LogP contribution in [-0.4, -0.2) is 38.3 Å². The van der Waals surface area contributed by atoms with Gasteiger partial charge in [-0.05, 0) is 37.1 Å². The number of rotatable bonds is 4. The van der Waals surface area contributed by atoms with Crippen molar-refractivity contribution >= 4 is 15.9 Å². The standard InChI is InChI=1S/C20H21FN2O4S/c21-16-8-7-14(13-19(16)28(25,26)23-10-3-4-11-23)20(24)22-17-9-12-27-18-6-2-1-5-15(17)18/h1-2,5-8,13,17H,3-4,9-12H2,(H,22,24). The fourth-order valence-electron chi connectivity index (χ4n) is 3.64. The van der Waals surface area contributed by atoms with Gasteiger partial charge < -0.3 is 10.1 Å². The number of amides is 1. The summed E-state index contributed by atoms with van der Waals surface area (Å²) in [7, 11) is -3.95. The highest BCUT2D eigenvalue weighted by molar-refractivity contribution is 7.89. The average molecular weight is 404 g/mol. The second kappa shape index (κ2) is 7.52. The maximum Gasteiger partial charge on any atom is 0.251 e. The van der Waals surface area contributed by atoms with Crippen molar-refractivity contribution in [2.75, 3.05) is 19.7 Å². The molecule has 0 bridgehead atoms. The predicted molar refractivity (Wildman–Crippen MR) is 101 cm³/mol. The first-order valence-electron chi connectivity index (χ1n) is 9.29. The summed E-state index contributed by atoms with van der Waals surface area (Å²) < 4.78 is 46.6. The van der Waals surface area contributed by atoms with Crippen LogP contribution in [0.15, 0.2) is 47.4 Å². The Morgan fingerprint density at radius 3 is 2.68 bits per heavy atom. The lowest BCUT2D eigenvalue weighted by Crippen LogP contribution is -2.33. The van der Waals surface area contributed by atoms with Crippen LogP contribution in [0.4, 0.5) is 4.39 Å². The largest absolute Gasteiger partial charge is 0.493 e. The van der Waals surface area contributed by atoms with Crippen LogP contribution in [0.3, 0.4) is 0 Å². The van der Waals surface area contributed by atoms with E-state index in [1.165, 1.54) is 10.4 Å². The molecule has 148 valence electrons. The average Bonchev–Trinajstić information content (AvgIpc) is 3.24. The summed E-state index contributed by atoms with van der Waals surface area (Å²) in [5.74, 6) is -0.574. The number of carbonyl (C=O) groups excluding carboxylic acids is 1. The van der Waals surface area contributed by atoms with Gasteiger partial charge in [-0.2, -0.15) is 4.31 Å². The summed E-state index contributed by atoms with van der Waals surface area (Å²) in [5.41, 5.74) is 0.984. The molecule has 0 saturated carbocycles. The molecule has 1 saturated heterocycles. The van der Waals surface area contributed by atoms with Crippen molar-refractivity contribution in [3.05, 3.63) is 59.4 Å². The summed E-state index contributed by atoms with van der Waals surface area (Å²) in [6.07, 6.45) is 2.11. The highest BCUT2D eigenvalue weighted by atomic mass is 32.2. The van der Waals surface area contributed by atoms with Gasteiger partial charge in [0.1, 0.15) is 16.5 Å². The third-order valence-corrected chi connectivity index (χ3v) is 7.05. The van der Waals surface area contributed by atoms with Gasteiger partial charge in [0, 0.05) is 30.6 Å². The van der Waals surface area contributed by atoms with E-state index in [1.54, 1.807) is 0 Å². The van der Waals surface area contributed by atoms with E-state index < -0.39 is 26.6 Å². The van der Waals surface area contributed by atoms with Crippen LogP contribution in [0.1, 0.15) is 41.2 Å². The maximum atomic E-state index is 14.3. The first-order chi connectivity index (χ1) is 13.5. The molecule has 1 amide bonds. The number of para-hydroxylation sites is 1. The first-order valence-corrected chi connectivity index (χ1v) is 10.7. The normalized spacial score (nSPS) is 19.7. The molecule has 2 aliphatic heterocycles. The van der Waals surface area contributed by atoms with Crippen molar-refractivity contribution in [2.24, 2.45) is 0 Å². The predicted octanol–water partition coefficient (Wildman–Crippen LogP) is 2.86. The lowest BCUT2D eigenvalue weighted by molar-refractivity contribution is 0.0924. The molecule has 6 nitrogen and oxygen atoms in total. The second-order valence-electron chi connectivity index (χ2n) is 6.96. The van der Waals surface area contributed by atoms with E-state index in [9.17, 15) is 17.6 Å². The molecule has 1 unspecified atom stereocenters. The molecule has 0 spiro atoms. The minimum atomic E-state index is -3.95. The third kappa shape index (κ3) is 3.49. The van der Waals surface area contributed by atoms with Crippen molar-refractivity contribution in [2.45, 2.75) is 30.2 Å². The minimum Gasteiger partial charge on any atom is -0.493 e. The van der Waals surface area contributed by atoms with Crippen molar-refractivity contribution in [1.29, 1.82) is 0 Å². The van der Waals surface area contributed by atoms with Crippen LogP contribution < -0.4 is 10.1 Å². The van der Waals surface area contributed by atoms with Crippen LogP contribution in [0.25, 0.3) is 0 Å². The molecule has 8 heteroatoms. The van der Waals surface area contributed by atoms with E-state index in [0.717, 1.165) is 36.3 Å². The number of ether oxygens (including phenoxy) is 1. The number of carbonyl (C=O) groups is 1. The maximum absolute atomic E-state index is 14.3. The monoisotopic (exact) mass is 404 g/mol. The topological polar surface area (TPSA) is 75.7 Å². The molecule has 1 fully saturated rings. The Labute approximate surface area is 163 Å². The Morgan fingerprint density at radius 2 is 1.89 bits per heavy atom. The van der Waals surface area contributed by atoms with Gasteiger partial charge in [0.25, 0.3) is 5.91 Å². The van der Waals surface area contributed by atoms with Gasteiger partial charge in [0.05, 0.1) is 12.6 Å². The lowest BCUT2D eigenvalue weighted by atomic mass is 10.00. The summed E-state index contributed by atoms with van der Waals surface area (Å²) in [4.78, 5) is 12.3. The van der Waals surface area contributed by atoms with Gasteiger partial charge in [0.15, 0.2) is 0 Å². The van der Waals surface area contributed by atoms with E-state index in [1.807, 2.05) is 24.3 Å². The third-order valence-electron chi connectivity index (χ3n) is 5.14. The number of nitrogens with zero attached hydrogens (tertiary/aromatic N) is 1. The second-order valence-corrected chi connectivity index (χ2v) is 8.86. The Bertz CT molecular complexity index is 1000. The number of hydrogen-bond acceptors (Lipinski definition) is 4. The number of hydrogen-bond donors (Lipinski definition) is 1. The molecule has 2 aromatic rings. The number of sulfonamides is 1. The molecule has 2 aliphatic rings. The van der Waals surface area contributed by atoms with E-state index in [0.29, 0.717) is 26.1 Å². The molecule has 1 atom stereocenters. The zero-order valence-corrected chi connectivity index (χ0v) is 16.0. The first kappa shape index (κ1) is 18.9. The molecule has 2 aromatic carbocycles. The lowest BCUT2D eigenvalue weighted by Gasteiger charge is -2.26.